The minimum Gasteiger partial charge on any atom is -0.395 e. The van der Waals surface area contributed by atoms with Gasteiger partial charge in [-0.2, -0.15) is 16.9 Å². The number of thioether (sulfide) groups is 1. The first-order chi connectivity index (χ1) is 8.01. The number of carbonyl (C=O) groups excluding carboxylic acids is 1. The minimum atomic E-state index is -0.147. The highest BCUT2D eigenvalue weighted by molar-refractivity contribution is 7.98. The first-order valence-corrected chi connectivity index (χ1v) is 7.03. The highest BCUT2D eigenvalue weighted by atomic mass is 32.2. The molecule has 0 spiro atoms. The molecule has 1 heterocycles. The Morgan fingerprint density at radius 3 is 2.82 bits per heavy atom. The number of aryl methyl sites for hydroxylation is 2. The van der Waals surface area contributed by atoms with Crippen LogP contribution in [0, 0.1) is 6.92 Å². The van der Waals surface area contributed by atoms with Gasteiger partial charge in [0.1, 0.15) is 5.69 Å². The highest BCUT2D eigenvalue weighted by Gasteiger charge is 2.20. The molecule has 3 N–H and O–H groups in total. The van der Waals surface area contributed by atoms with Gasteiger partial charge >= 0.3 is 0 Å². The normalized spacial score (nSPS) is 12.5. The van der Waals surface area contributed by atoms with Crippen LogP contribution < -0.4 is 11.1 Å². The molecule has 0 fully saturated rings. The van der Waals surface area contributed by atoms with Gasteiger partial charge in [0, 0.05) is 18.3 Å². The molecule has 0 saturated carbocycles. The van der Waals surface area contributed by atoms with Crippen LogP contribution in [-0.4, -0.2) is 33.7 Å². The van der Waals surface area contributed by atoms with Gasteiger partial charge in [-0.1, -0.05) is 0 Å². The van der Waals surface area contributed by atoms with E-state index in [4.69, 9.17) is 5.73 Å². The van der Waals surface area contributed by atoms with E-state index in [1.807, 2.05) is 27.0 Å². The average Bonchev–Trinajstić information content (AvgIpc) is 2.55. The number of nitrogens with two attached hydrogens (primary N) is 1. The van der Waals surface area contributed by atoms with Crippen LogP contribution in [0.25, 0.3) is 0 Å². The van der Waals surface area contributed by atoms with Crippen LogP contribution in [0.5, 0.6) is 0 Å². The molecule has 1 unspecified atom stereocenters. The van der Waals surface area contributed by atoms with Crippen LogP contribution in [0.2, 0.25) is 0 Å². The van der Waals surface area contributed by atoms with Crippen molar-refractivity contribution in [3.05, 3.63) is 11.4 Å². The van der Waals surface area contributed by atoms with Crippen molar-refractivity contribution < 1.29 is 4.79 Å². The van der Waals surface area contributed by atoms with E-state index in [9.17, 15) is 4.79 Å². The number of hydrogen-bond donors (Lipinski definition) is 2. The van der Waals surface area contributed by atoms with E-state index in [0.717, 1.165) is 5.75 Å². The van der Waals surface area contributed by atoms with Gasteiger partial charge in [0.05, 0.1) is 11.4 Å². The monoisotopic (exact) mass is 256 g/mol. The van der Waals surface area contributed by atoms with Crippen LogP contribution in [0.1, 0.15) is 30.0 Å². The third-order valence-electron chi connectivity index (χ3n) is 2.48. The van der Waals surface area contributed by atoms with E-state index < -0.39 is 0 Å². The maximum absolute atomic E-state index is 12.1. The van der Waals surface area contributed by atoms with Gasteiger partial charge in [0.15, 0.2) is 0 Å². The summed E-state index contributed by atoms with van der Waals surface area (Å²) in [7, 11) is 0. The zero-order chi connectivity index (χ0) is 13.0. The first-order valence-electron chi connectivity index (χ1n) is 5.63. The molecule has 5 nitrogen and oxygen atoms in total. The van der Waals surface area contributed by atoms with E-state index in [1.165, 1.54) is 0 Å². The molecule has 1 aromatic rings. The molecule has 0 aliphatic heterocycles. The predicted octanol–water partition coefficient (Wildman–Crippen LogP) is 1.27. The molecule has 6 heteroatoms. The molecule has 0 saturated heterocycles. The third-order valence-corrected chi connectivity index (χ3v) is 3.32. The van der Waals surface area contributed by atoms with E-state index in [2.05, 4.69) is 10.4 Å². The number of nitrogens with one attached hydrogen (secondary N) is 1. The summed E-state index contributed by atoms with van der Waals surface area (Å²) in [5.74, 6) is 0.733. The average molecular weight is 256 g/mol. The topological polar surface area (TPSA) is 72.9 Å². The van der Waals surface area contributed by atoms with Crippen molar-refractivity contribution in [2.45, 2.75) is 33.4 Å². The van der Waals surface area contributed by atoms with Crippen molar-refractivity contribution in [3.63, 3.8) is 0 Å². The molecule has 1 aromatic heterocycles. The van der Waals surface area contributed by atoms with Crippen molar-refractivity contribution in [1.29, 1.82) is 0 Å². The molecular weight excluding hydrogens is 236 g/mol. The van der Waals surface area contributed by atoms with Crippen molar-refractivity contribution in [2.24, 2.45) is 0 Å². The summed E-state index contributed by atoms with van der Waals surface area (Å²) in [6.45, 7) is 6.36. The van der Waals surface area contributed by atoms with Crippen LogP contribution in [-0.2, 0) is 6.54 Å². The first kappa shape index (κ1) is 13.9. The van der Waals surface area contributed by atoms with Gasteiger partial charge in [0.25, 0.3) is 5.91 Å². The summed E-state index contributed by atoms with van der Waals surface area (Å²) < 4.78 is 1.64. The number of anilines is 1. The summed E-state index contributed by atoms with van der Waals surface area (Å²) in [5.41, 5.74) is 7.53. The Hall–Kier alpha value is -1.17. The van der Waals surface area contributed by atoms with Crippen molar-refractivity contribution in [1.82, 2.24) is 15.1 Å². The quantitative estimate of drug-likeness (QED) is 0.832. The Labute approximate surface area is 106 Å². The van der Waals surface area contributed by atoms with Gasteiger partial charge in [-0.05, 0) is 27.0 Å². The Kier molecular flexibility index (Phi) is 4.86. The summed E-state index contributed by atoms with van der Waals surface area (Å²) in [6.07, 6.45) is 2.01. The number of nitrogen functional groups attached to an aromatic ring is 1. The van der Waals surface area contributed by atoms with Crippen LogP contribution in [0.4, 0.5) is 5.69 Å². The molecule has 0 aromatic carbocycles. The summed E-state index contributed by atoms with van der Waals surface area (Å²) in [6, 6.07) is 0.123. The highest BCUT2D eigenvalue weighted by Crippen LogP contribution is 2.16. The molecule has 17 heavy (non-hydrogen) atoms. The molecule has 1 atom stereocenters. The number of hydrogen-bond acceptors (Lipinski definition) is 4. The van der Waals surface area contributed by atoms with E-state index >= 15 is 0 Å². The molecule has 1 amide bonds. The number of carbonyl (C=O) groups is 1. The summed E-state index contributed by atoms with van der Waals surface area (Å²) in [5, 5.41) is 7.15. The molecule has 96 valence electrons. The third kappa shape index (κ3) is 3.15. The Bertz CT molecular complexity index is 402. The lowest BCUT2D eigenvalue weighted by molar-refractivity contribution is 0.0934. The molecular formula is C11H20N4OS. The molecule has 0 radical (unpaired) electrons. The van der Waals surface area contributed by atoms with Gasteiger partial charge in [-0.3, -0.25) is 9.48 Å². The SMILES string of the molecule is CCn1nc(C)c(N)c1C(=O)NC(C)CSC. The fraction of sp³-hybridized carbons (Fsp3) is 0.636. The Morgan fingerprint density at radius 1 is 1.65 bits per heavy atom. The van der Waals surface area contributed by atoms with Crippen LogP contribution in [0.15, 0.2) is 0 Å². The van der Waals surface area contributed by atoms with Gasteiger partial charge < -0.3 is 11.1 Å². The van der Waals surface area contributed by atoms with E-state index in [1.54, 1.807) is 16.4 Å². The number of amides is 1. The number of aromatic nitrogens is 2. The van der Waals surface area contributed by atoms with E-state index in [-0.39, 0.29) is 11.9 Å². The second kappa shape index (κ2) is 5.95. The lowest BCUT2D eigenvalue weighted by atomic mass is 10.2. The second-order valence-corrected chi connectivity index (χ2v) is 4.90. The Balaban J connectivity index is 2.88. The summed E-state index contributed by atoms with van der Waals surface area (Å²) >= 11 is 1.70. The van der Waals surface area contributed by atoms with Crippen molar-refractivity contribution in [3.8, 4) is 0 Å². The van der Waals surface area contributed by atoms with Gasteiger partial charge in [0.2, 0.25) is 0 Å². The summed E-state index contributed by atoms with van der Waals surface area (Å²) in [4.78, 5) is 12.1. The van der Waals surface area contributed by atoms with Crippen molar-refractivity contribution in [2.75, 3.05) is 17.7 Å². The fourth-order valence-electron chi connectivity index (χ4n) is 1.65. The largest absolute Gasteiger partial charge is 0.395 e. The second-order valence-electron chi connectivity index (χ2n) is 3.99. The number of nitrogens with zero attached hydrogens (tertiary/aromatic N) is 2. The lowest BCUT2D eigenvalue weighted by Crippen LogP contribution is -2.35. The molecule has 1 rings (SSSR count). The maximum atomic E-state index is 12.1. The predicted molar refractivity (Wildman–Crippen MR) is 72.4 cm³/mol. The van der Waals surface area contributed by atoms with Crippen molar-refractivity contribution >= 4 is 23.4 Å². The van der Waals surface area contributed by atoms with Gasteiger partial charge in [-0.25, -0.2) is 0 Å². The molecule has 0 bridgehead atoms. The minimum absolute atomic E-state index is 0.123. The van der Waals surface area contributed by atoms with Gasteiger partial charge in [-0.15, -0.1) is 0 Å². The fourth-order valence-corrected chi connectivity index (χ4v) is 2.23. The zero-order valence-electron chi connectivity index (χ0n) is 10.8. The smallest absolute Gasteiger partial charge is 0.271 e. The Morgan fingerprint density at radius 2 is 2.29 bits per heavy atom. The van der Waals surface area contributed by atoms with E-state index in [0.29, 0.717) is 23.6 Å². The molecule has 0 aliphatic carbocycles. The maximum Gasteiger partial charge on any atom is 0.271 e. The number of rotatable bonds is 5. The molecule has 0 aliphatic rings. The lowest BCUT2D eigenvalue weighted by Gasteiger charge is -2.13. The standard InChI is InChI=1S/C11H20N4OS/c1-5-15-10(9(12)8(3)14-15)11(16)13-7(2)6-17-4/h7H,5-6,12H2,1-4H3,(H,13,16). The van der Waals surface area contributed by atoms with Crippen LogP contribution >= 0.6 is 11.8 Å². The van der Waals surface area contributed by atoms with Crippen LogP contribution in [0.3, 0.4) is 0 Å². The zero-order valence-corrected chi connectivity index (χ0v) is 11.6.